The Morgan fingerprint density at radius 3 is 3.00 bits per heavy atom. The van der Waals surface area contributed by atoms with Gasteiger partial charge in [0.15, 0.2) is 5.12 Å². The van der Waals surface area contributed by atoms with Gasteiger partial charge in [0.1, 0.15) is 5.82 Å². The molecule has 1 aliphatic heterocycles. The Labute approximate surface area is 101 Å². The molecule has 2 heterocycles. The van der Waals surface area contributed by atoms with Crippen LogP contribution >= 0.6 is 11.8 Å². The van der Waals surface area contributed by atoms with Gasteiger partial charge in [0, 0.05) is 31.2 Å². The number of amides is 1. The van der Waals surface area contributed by atoms with Crippen LogP contribution in [0.5, 0.6) is 0 Å². The first-order chi connectivity index (χ1) is 8.06. The number of hydrogen-bond acceptors (Lipinski definition) is 5. The minimum atomic E-state index is -0.300. The van der Waals surface area contributed by atoms with E-state index in [9.17, 15) is 14.4 Å². The standard InChI is InChI=1S/C10H11N3O3S/c1-6(14)17-7-2-10(16)13(4-7)8-3-9(15)12-5-11-8/h3,5,7H,2,4H2,1H3,(H,11,12,15). The number of rotatable bonds is 2. The van der Waals surface area contributed by atoms with Crippen molar-refractivity contribution < 1.29 is 9.59 Å². The molecule has 0 radical (unpaired) electrons. The first-order valence-electron chi connectivity index (χ1n) is 5.08. The lowest BCUT2D eigenvalue weighted by molar-refractivity contribution is -0.117. The average Bonchev–Trinajstić information content (AvgIpc) is 2.58. The van der Waals surface area contributed by atoms with Gasteiger partial charge >= 0.3 is 0 Å². The highest BCUT2D eigenvalue weighted by Gasteiger charge is 2.32. The van der Waals surface area contributed by atoms with Crippen molar-refractivity contribution in [1.29, 1.82) is 0 Å². The third-order valence-corrected chi connectivity index (χ3v) is 3.34. The maximum absolute atomic E-state index is 11.7. The number of anilines is 1. The van der Waals surface area contributed by atoms with E-state index in [4.69, 9.17) is 0 Å². The normalized spacial score (nSPS) is 19.7. The minimum absolute atomic E-state index is 0.0106. The van der Waals surface area contributed by atoms with Gasteiger partial charge in [-0.2, -0.15) is 0 Å². The Bertz CT molecular complexity index is 514. The zero-order valence-electron chi connectivity index (χ0n) is 9.17. The van der Waals surface area contributed by atoms with Crippen molar-refractivity contribution in [2.45, 2.75) is 18.6 Å². The lowest BCUT2D eigenvalue weighted by atomic mass is 10.4. The van der Waals surface area contributed by atoms with Crippen molar-refractivity contribution >= 4 is 28.6 Å². The number of aromatic nitrogens is 2. The van der Waals surface area contributed by atoms with Crippen molar-refractivity contribution in [1.82, 2.24) is 9.97 Å². The van der Waals surface area contributed by atoms with Crippen LogP contribution in [0.25, 0.3) is 0 Å². The fraction of sp³-hybridized carbons (Fsp3) is 0.400. The highest BCUT2D eigenvalue weighted by Crippen LogP contribution is 2.26. The van der Waals surface area contributed by atoms with Crippen LogP contribution in [-0.4, -0.2) is 32.8 Å². The molecule has 1 unspecified atom stereocenters. The van der Waals surface area contributed by atoms with Gasteiger partial charge in [-0.25, -0.2) is 4.98 Å². The molecule has 0 bridgehead atoms. The van der Waals surface area contributed by atoms with Crippen LogP contribution in [0, 0.1) is 0 Å². The van der Waals surface area contributed by atoms with E-state index in [-0.39, 0.29) is 21.8 Å². The van der Waals surface area contributed by atoms with Crippen molar-refractivity contribution in [3.8, 4) is 0 Å². The van der Waals surface area contributed by atoms with Crippen LogP contribution in [0.1, 0.15) is 13.3 Å². The van der Waals surface area contributed by atoms with E-state index in [2.05, 4.69) is 9.97 Å². The highest BCUT2D eigenvalue weighted by molar-refractivity contribution is 8.14. The van der Waals surface area contributed by atoms with Crippen LogP contribution in [0.4, 0.5) is 5.82 Å². The van der Waals surface area contributed by atoms with Gasteiger partial charge in [-0.15, -0.1) is 0 Å². The fourth-order valence-electron chi connectivity index (χ4n) is 1.72. The first kappa shape index (κ1) is 11.8. The molecule has 6 nitrogen and oxygen atoms in total. The molecule has 1 amide bonds. The minimum Gasteiger partial charge on any atom is -0.313 e. The molecule has 17 heavy (non-hydrogen) atoms. The van der Waals surface area contributed by atoms with Crippen molar-refractivity contribution in [3.63, 3.8) is 0 Å². The second-order valence-corrected chi connectivity index (χ2v) is 5.19. The Morgan fingerprint density at radius 1 is 1.59 bits per heavy atom. The van der Waals surface area contributed by atoms with Gasteiger partial charge in [-0.1, -0.05) is 11.8 Å². The SMILES string of the molecule is CC(=O)SC1CC(=O)N(c2cc(=O)[nH]cn2)C1. The number of nitrogens with zero attached hydrogens (tertiary/aromatic N) is 2. The van der Waals surface area contributed by atoms with Gasteiger partial charge in [0.05, 0.1) is 6.33 Å². The van der Waals surface area contributed by atoms with E-state index >= 15 is 0 Å². The van der Waals surface area contributed by atoms with E-state index in [0.29, 0.717) is 18.8 Å². The number of thioether (sulfide) groups is 1. The first-order valence-corrected chi connectivity index (χ1v) is 5.96. The van der Waals surface area contributed by atoms with Crippen LogP contribution < -0.4 is 10.5 Å². The molecule has 1 saturated heterocycles. The molecule has 1 aromatic rings. The largest absolute Gasteiger partial charge is 0.313 e. The Hall–Kier alpha value is -1.63. The van der Waals surface area contributed by atoms with Gasteiger partial charge in [-0.05, 0) is 0 Å². The number of hydrogen-bond donors (Lipinski definition) is 1. The van der Waals surface area contributed by atoms with Crippen LogP contribution in [0.2, 0.25) is 0 Å². The maximum atomic E-state index is 11.7. The second-order valence-electron chi connectivity index (χ2n) is 3.71. The molecular formula is C10H11N3O3S. The Kier molecular flexibility index (Phi) is 3.28. The predicted octanol–water partition coefficient (Wildman–Crippen LogP) is 0.155. The molecule has 1 aliphatic rings. The molecule has 1 fully saturated rings. The molecule has 1 atom stereocenters. The topological polar surface area (TPSA) is 83.1 Å². The molecule has 0 aromatic carbocycles. The zero-order chi connectivity index (χ0) is 12.4. The molecule has 7 heteroatoms. The summed E-state index contributed by atoms with van der Waals surface area (Å²) in [6.07, 6.45) is 1.56. The number of carbonyl (C=O) groups is 2. The lowest BCUT2D eigenvalue weighted by Crippen LogP contribution is -2.27. The number of aromatic amines is 1. The van der Waals surface area contributed by atoms with E-state index in [1.165, 1.54) is 24.2 Å². The molecule has 0 saturated carbocycles. The Morgan fingerprint density at radius 2 is 2.35 bits per heavy atom. The van der Waals surface area contributed by atoms with E-state index in [1.807, 2.05) is 0 Å². The van der Waals surface area contributed by atoms with Crippen molar-refractivity contribution in [3.05, 3.63) is 22.7 Å². The molecule has 1 aromatic heterocycles. The molecular weight excluding hydrogens is 242 g/mol. The fourth-order valence-corrected chi connectivity index (χ4v) is 2.63. The summed E-state index contributed by atoms with van der Waals surface area (Å²) in [5.74, 6) is 0.229. The summed E-state index contributed by atoms with van der Waals surface area (Å²) in [5, 5.41) is -0.0652. The summed E-state index contributed by atoms with van der Waals surface area (Å²) in [7, 11) is 0. The summed E-state index contributed by atoms with van der Waals surface area (Å²) >= 11 is 1.15. The molecule has 90 valence electrons. The monoisotopic (exact) mass is 253 g/mol. The van der Waals surface area contributed by atoms with Crippen molar-refractivity contribution in [2.24, 2.45) is 0 Å². The zero-order valence-corrected chi connectivity index (χ0v) is 9.99. The second kappa shape index (κ2) is 4.70. The van der Waals surface area contributed by atoms with Gasteiger partial charge in [-0.3, -0.25) is 19.3 Å². The smallest absolute Gasteiger partial charge is 0.252 e. The van der Waals surface area contributed by atoms with Crippen LogP contribution in [0.15, 0.2) is 17.2 Å². The van der Waals surface area contributed by atoms with E-state index < -0.39 is 0 Å². The quantitative estimate of drug-likeness (QED) is 0.811. The predicted molar refractivity (Wildman–Crippen MR) is 63.9 cm³/mol. The highest BCUT2D eigenvalue weighted by atomic mass is 32.2. The van der Waals surface area contributed by atoms with Gasteiger partial charge < -0.3 is 4.98 Å². The summed E-state index contributed by atoms with van der Waals surface area (Å²) in [5.41, 5.74) is -0.300. The third-order valence-electron chi connectivity index (χ3n) is 2.36. The van der Waals surface area contributed by atoms with E-state index in [0.717, 1.165) is 11.8 Å². The number of carbonyl (C=O) groups excluding carboxylic acids is 2. The van der Waals surface area contributed by atoms with E-state index in [1.54, 1.807) is 0 Å². The summed E-state index contributed by atoms with van der Waals surface area (Å²) in [6, 6.07) is 1.28. The summed E-state index contributed by atoms with van der Waals surface area (Å²) in [4.78, 5) is 41.6. The molecule has 0 spiro atoms. The summed E-state index contributed by atoms with van der Waals surface area (Å²) in [6.45, 7) is 1.89. The van der Waals surface area contributed by atoms with Crippen molar-refractivity contribution in [2.75, 3.05) is 11.4 Å². The molecule has 0 aliphatic carbocycles. The average molecular weight is 253 g/mol. The van der Waals surface area contributed by atoms with Gasteiger partial charge in [0.2, 0.25) is 5.91 Å². The number of H-pyrrole nitrogens is 1. The van der Waals surface area contributed by atoms with Gasteiger partial charge in [0.25, 0.3) is 5.56 Å². The maximum Gasteiger partial charge on any atom is 0.252 e. The number of nitrogens with one attached hydrogen (secondary N) is 1. The van der Waals surface area contributed by atoms with Crippen LogP contribution in [-0.2, 0) is 9.59 Å². The van der Waals surface area contributed by atoms with Crippen LogP contribution in [0.3, 0.4) is 0 Å². The third kappa shape index (κ3) is 2.73. The molecule has 1 N–H and O–H groups in total. The molecule has 2 rings (SSSR count). The summed E-state index contributed by atoms with van der Waals surface area (Å²) < 4.78 is 0. The Balaban J connectivity index is 2.15. The lowest BCUT2D eigenvalue weighted by Gasteiger charge is -2.14.